The van der Waals surface area contributed by atoms with Gasteiger partial charge in [-0.05, 0) is 37.8 Å². The number of rotatable bonds is 3. The molecule has 0 bridgehead atoms. The molecular weight excluding hydrogens is 224 g/mol. The van der Waals surface area contributed by atoms with Crippen LogP contribution < -0.4 is 5.43 Å². The normalized spacial score (nSPS) is 16.9. The van der Waals surface area contributed by atoms with E-state index in [1.807, 2.05) is 37.4 Å². The third-order valence-corrected chi connectivity index (χ3v) is 3.42. The summed E-state index contributed by atoms with van der Waals surface area (Å²) in [5, 5.41) is 4.07. The van der Waals surface area contributed by atoms with Gasteiger partial charge in [0.2, 0.25) is 0 Å². The molecule has 1 N–H and O–H groups in total. The van der Waals surface area contributed by atoms with Gasteiger partial charge >= 0.3 is 0 Å². The van der Waals surface area contributed by atoms with E-state index in [0.29, 0.717) is 11.5 Å². The van der Waals surface area contributed by atoms with Crippen molar-refractivity contribution >= 4 is 12.1 Å². The number of nitrogens with one attached hydrogen (secondary N) is 1. The van der Waals surface area contributed by atoms with E-state index < -0.39 is 0 Å². The molecule has 1 aromatic carbocycles. The van der Waals surface area contributed by atoms with Crippen LogP contribution in [0.15, 0.2) is 29.4 Å². The van der Waals surface area contributed by atoms with Crippen LogP contribution in [0.3, 0.4) is 0 Å². The van der Waals surface area contributed by atoms with E-state index in [4.69, 9.17) is 0 Å². The predicted octanol–water partition coefficient (Wildman–Crippen LogP) is 3.29. The molecule has 18 heavy (non-hydrogen) atoms. The number of hydrogen-bond acceptors (Lipinski definition) is 2. The first kappa shape index (κ1) is 12.8. The van der Waals surface area contributed by atoms with Crippen LogP contribution in [0.25, 0.3) is 0 Å². The van der Waals surface area contributed by atoms with Gasteiger partial charge in [0.05, 0.1) is 0 Å². The smallest absolute Gasteiger partial charge is 0.267 e. The molecule has 1 aromatic rings. The highest BCUT2D eigenvalue weighted by molar-refractivity contribution is 5.94. The Hall–Kier alpha value is -1.64. The summed E-state index contributed by atoms with van der Waals surface area (Å²) in [6, 6.07) is 7.50. The fourth-order valence-corrected chi connectivity index (χ4v) is 2.25. The Morgan fingerprint density at radius 2 is 1.89 bits per heavy atom. The van der Waals surface area contributed by atoms with Gasteiger partial charge in [-0.25, -0.2) is 5.43 Å². The lowest BCUT2D eigenvalue weighted by Gasteiger charge is -2.16. The highest BCUT2D eigenvalue weighted by Crippen LogP contribution is 2.21. The van der Waals surface area contributed by atoms with Gasteiger partial charge in [0.1, 0.15) is 0 Å². The van der Waals surface area contributed by atoms with E-state index in [9.17, 15) is 4.79 Å². The SMILES string of the molecule is Cc1ccc(C(=O)N/N=C/C2CCCCC2)cc1. The average molecular weight is 244 g/mol. The predicted molar refractivity (Wildman–Crippen MR) is 73.7 cm³/mol. The summed E-state index contributed by atoms with van der Waals surface area (Å²) in [6.07, 6.45) is 8.18. The number of carbonyl (C=O) groups is 1. The lowest BCUT2D eigenvalue weighted by molar-refractivity contribution is 0.0955. The van der Waals surface area contributed by atoms with Crippen LogP contribution in [0, 0.1) is 12.8 Å². The number of hydrazone groups is 1. The van der Waals surface area contributed by atoms with Crippen molar-refractivity contribution in [1.82, 2.24) is 5.43 Å². The summed E-state index contributed by atoms with van der Waals surface area (Å²) in [4.78, 5) is 11.8. The van der Waals surface area contributed by atoms with Gasteiger partial charge in [0.25, 0.3) is 5.91 Å². The first-order chi connectivity index (χ1) is 8.75. The third-order valence-electron chi connectivity index (χ3n) is 3.42. The van der Waals surface area contributed by atoms with Gasteiger partial charge in [0.15, 0.2) is 0 Å². The standard InChI is InChI=1S/C15H20N2O/c1-12-7-9-14(10-8-12)15(18)17-16-11-13-5-3-2-4-6-13/h7-11,13H,2-6H2,1H3,(H,17,18)/b16-11+. The van der Waals surface area contributed by atoms with Crippen molar-refractivity contribution in [3.63, 3.8) is 0 Å². The molecule has 1 aliphatic carbocycles. The Kier molecular flexibility index (Phi) is 4.51. The van der Waals surface area contributed by atoms with E-state index >= 15 is 0 Å². The molecule has 0 aromatic heterocycles. The lowest BCUT2D eigenvalue weighted by Crippen LogP contribution is -2.19. The Bertz CT molecular complexity index is 417. The van der Waals surface area contributed by atoms with Crippen molar-refractivity contribution in [3.05, 3.63) is 35.4 Å². The molecule has 0 unspecified atom stereocenters. The monoisotopic (exact) mass is 244 g/mol. The van der Waals surface area contributed by atoms with Crippen LogP contribution in [-0.4, -0.2) is 12.1 Å². The zero-order chi connectivity index (χ0) is 12.8. The van der Waals surface area contributed by atoms with E-state index in [0.717, 1.165) is 5.56 Å². The molecule has 0 heterocycles. The molecule has 0 aliphatic heterocycles. The highest BCUT2D eigenvalue weighted by Gasteiger charge is 2.10. The van der Waals surface area contributed by atoms with E-state index in [1.165, 1.54) is 32.1 Å². The molecule has 0 radical (unpaired) electrons. The third kappa shape index (κ3) is 3.69. The van der Waals surface area contributed by atoms with E-state index in [-0.39, 0.29) is 5.91 Å². The first-order valence-electron chi connectivity index (χ1n) is 6.66. The molecule has 0 spiro atoms. The largest absolute Gasteiger partial charge is 0.271 e. The molecule has 96 valence electrons. The highest BCUT2D eigenvalue weighted by atomic mass is 16.2. The van der Waals surface area contributed by atoms with Crippen molar-refractivity contribution in [1.29, 1.82) is 0 Å². The lowest BCUT2D eigenvalue weighted by atomic mass is 9.90. The fourth-order valence-electron chi connectivity index (χ4n) is 2.25. The quantitative estimate of drug-likeness (QED) is 0.643. The minimum atomic E-state index is -0.137. The van der Waals surface area contributed by atoms with Crippen molar-refractivity contribution < 1.29 is 4.79 Å². The van der Waals surface area contributed by atoms with Gasteiger partial charge in [0, 0.05) is 11.8 Å². The van der Waals surface area contributed by atoms with Gasteiger partial charge in [-0.1, -0.05) is 37.0 Å². The summed E-state index contributed by atoms with van der Waals surface area (Å²) < 4.78 is 0. The number of carbonyl (C=O) groups excluding carboxylic acids is 1. The summed E-state index contributed by atoms with van der Waals surface area (Å²) in [6.45, 7) is 2.00. The Morgan fingerprint density at radius 3 is 2.56 bits per heavy atom. The molecule has 3 heteroatoms. The topological polar surface area (TPSA) is 41.5 Å². The van der Waals surface area contributed by atoms with E-state index in [1.54, 1.807) is 0 Å². The zero-order valence-corrected chi connectivity index (χ0v) is 10.9. The van der Waals surface area contributed by atoms with E-state index in [2.05, 4.69) is 10.5 Å². The fraction of sp³-hybridized carbons (Fsp3) is 0.467. The van der Waals surface area contributed by atoms with Gasteiger partial charge in [-0.2, -0.15) is 5.10 Å². The second-order valence-corrected chi connectivity index (χ2v) is 4.98. The molecule has 2 rings (SSSR count). The number of amides is 1. The maximum atomic E-state index is 11.8. The molecule has 1 amide bonds. The number of aryl methyl sites for hydroxylation is 1. The van der Waals surface area contributed by atoms with Crippen molar-refractivity contribution in [2.75, 3.05) is 0 Å². The molecule has 1 saturated carbocycles. The van der Waals surface area contributed by atoms with Crippen LogP contribution in [0.1, 0.15) is 48.0 Å². The number of benzene rings is 1. The van der Waals surface area contributed by atoms with Crippen LogP contribution in [0.2, 0.25) is 0 Å². The molecule has 0 atom stereocenters. The zero-order valence-electron chi connectivity index (χ0n) is 10.9. The number of nitrogens with zero attached hydrogens (tertiary/aromatic N) is 1. The second-order valence-electron chi connectivity index (χ2n) is 4.98. The van der Waals surface area contributed by atoms with Crippen LogP contribution >= 0.6 is 0 Å². The van der Waals surface area contributed by atoms with Crippen molar-refractivity contribution in [3.8, 4) is 0 Å². The summed E-state index contributed by atoms with van der Waals surface area (Å²) in [5.74, 6) is 0.402. The van der Waals surface area contributed by atoms with Crippen LogP contribution in [0.4, 0.5) is 0 Å². The second kappa shape index (κ2) is 6.34. The summed E-state index contributed by atoms with van der Waals surface area (Å²) >= 11 is 0. The van der Waals surface area contributed by atoms with Crippen molar-refractivity contribution in [2.45, 2.75) is 39.0 Å². The molecular formula is C15H20N2O. The van der Waals surface area contributed by atoms with Crippen molar-refractivity contribution in [2.24, 2.45) is 11.0 Å². The minimum absolute atomic E-state index is 0.137. The van der Waals surface area contributed by atoms with Crippen LogP contribution in [0.5, 0.6) is 0 Å². The van der Waals surface area contributed by atoms with Gasteiger partial charge in [-0.15, -0.1) is 0 Å². The molecule has 0 saturated heterocycles. The van der Waals surface area contributed by atoms with Crippen LogP contribution in [-0.2, 0) is 0 Å². The Morgan fingerprint density at radius 1 is 1.22 bits per heavy atom. The maximum Gasteiger partial charge on any atom is 0.271 e. The molecule has 1 aliphatic rings. The summed E-state index contributed by atoms with van der Waals surface area (Å²) in [7, 11) is 0. The summed E-state index contributed by atoms with van der Waals surface area (Å²) in [5.41, 5.74) is 4.40. The van der Waals surface area contributed by atoms with Gasteiger partial charge in [-0.3, -0.25) is 4.79 Å². The van der Waals surface area contributed by atoms with Gasteiger partial charge < -0.3 is 0 Å². The number of hydrogen-bond donors (Lipinski definition) is 1. The maximum absolute atomic E-state index is 11.8. The minimum Gasteiger partial charge on any atom is -0.267 e. The molecule has 1 fully saturated rings. The average Bonchev–Trinajstić information content (AvgIpc) is 2.40. The molecule has 3 nitrogen and oxygen atoms in total. The Labute approximate surface area is 108 Å². The Balaban J connectivity index is 1.83. The first-order valence-corrected chi connectivity index (χ1v) is 6.66.